The quantitative estimate of drug-likeness (QED) is 0.866. The third-order valence-corrected chi connectivity index (χ3v) is 2.69. The number of hydrogen-bond acceptors (Lipinski definition) is 2. The van der Waals surface area contributed by atoms with Crippen LogP contribution in [0.2, 0.25) is 0 Å². The number of rotatable bonds is 3. The number of aryl methyl sites for hydroxylation is 1. The second-order valence-electron chi connectivity index (χ2n) is 3.96. The summed E-state index contributed by atoms with van der Waals surface area (Å²) in [5, 5.41) is 9.27. The van der Waals surface area contributed by atoms with Crippen molar-refractivity contribution in [1.29, 1.82) is 0 Å². The van der Waals surface area contributed by atoms with Crippen LogP contribution in [0.3, 0.4) is 0 Å². The molecule has 0 aliphatic rings. The Kier molecular flexibility index (Phi) is 3.33. The van der Waals surface area contributed by atoms with E-state index in [-0.39, 0.29) is 5.75 Å². The van der Waals surface area contributed by atoms with Gasteiger partial charge in [-0.2, -0.15) is 0 Å². The lowest BCUT2D eigenvalue weighted by Gasteiger charge is -2.09. The van der Waals surface area contributed by atoms with Crippen LogP contribution in [0.1, 0.15) is 12.5 Å². The molecule has 0 saturated carbocycles. The molecule has 0 aromatic heterocycles. The van der Waals surface area contributed by atoms with Crippen LogP contribution in [0.25, 0.3) is 11.1 Å². The van der Waals surface area contributed by atoms with Crippen LogP contribution in [-0.2, 0) is 0 Å². The summed E-state index contributed by atoms with van der Waals surface area (Å²) in [6.07, 6.45) is 0. The highest BCUT2D eigenvalue weighted by atomic mass is 16.5. The summed E-state index contributed by atoms with van der Waals surface area (Å²) in [5.41, 5.74) is 3.43. The van der Waals surface area contributed by atoms with Gasteiger partial charge in [-0.1, -0.05) is 18.2 Å². The highest BCUT2D eigenvalue weighted by Gasteiger charge is 2.03. The highest BCUT2D eigenvalue weighted by molar-refractivity contribution is 5.68. The van der Waals surface area contributed by atoms with Crippen molar-refractivity contribution >= 4 is 0 Å². The Morgan fingerprint density at radius 2 is 1.76 bits per heavy atom. The van der Waals surface area contributed by atoms with Crippen molar-refractivity contribution in [2.45, 2.75) is 13.8 Å². The summed E-state index contributed by atoms with van der Waals surface area (Å²) in [6, 6.07) is 13.3. The van der Waals surface area contributed by atoms with Gasteiger partial charge in [-0.15, -0.1) is 0 Å². The van der Waals surface area contributed by atoms with Crippen LogP contribution < -0.4 is 4.74 Å². The maximum Gasteiger partial charge on any atom is 0.119 e. The van der Waals surface area contributed by atoms with Gasteiger partial charge in [0, 0.05) is 0 Å². The molecule has 88 valence electrons. The summed E-state index contributed by atoms with van der Waals surface area (Å²) in [7, 11) is 0. The van der Waals surface area contributed by atoms with E-state index in [1.165, 1.54) is 5.56 Å². The molecule has 0 fully saturated rings. The average Bonchev–Trinajstić information content (AvgIpc) is 2.31. The van der Waals surface area contributed by atoms with Gasteiger partial charge in [0.15, 0.2) is 0 Å². The molecule has 0 radical (unpaired) electrons. The first-order valence-electron chi connectivity index (χ1n) is 5.73. The van der Waals surface area contributed by atoms with Gasteiger partial charge < -0.3 is 9.84 Å². The lowest BCUT2D eigenvalue weighted by molar-refractivity contribution is 0.340. The molecule has 0 spiro atoms. The second-order valence-corrected chi connectivity index (χ2v) is 3.96. The zero-order valence-electron chi connectivity index (χ0n) is 10.1. The first kappa shape index (κ1) is 11.5. The Balaban J connectivity index is 2.36. The molecule has 0 saturated heterocycles. The van der Waals surface area contributed by atoms with Crippen LogP contribution in [-0.4, -0.2) is 11.7 Å². The maximum absolute atomic E-state index is 9.27. The molecule has 0 amide bonds. The van der Waals surface area contributed by atoms with E-state index in [1.54, 1.807) is 12.1 Å². The SMILES string of the molecule is CCOc1ccc(-c2ccc(O)cc2)c(C)c1. The van der Waals surface area contributed by atoms with E-state index in [9.17, 15) is 5.11 Å². The van der Waals surface area contributed by atoms with Crippen LogP contribution >= 0.6 is 0 Å². The molecule has 0 heterocycles. The lowest BCUT2D eigenvalue weighted by atomic mass is 10.0. The number of benzene rings is 2. The normalized spacial score (nSPS) is 10.2. The van der Waals surface area contributed by atoms with Gasteiger partial charge in [-0.25, -0.2) is 0 Å². The van der Waals surface area contributed by atoms with Crippen molar-refractivity contribution in [3.8, 4) is 22.6 Å². The van der Waals surface area contributed by atoms with Crippen molar-refractivity contribution in [3.05, 3.63) is 48.0 Å². The van der Waals surface area contributed by atoms with Crippen molar-refractivity contribution < 1.29 is 9.84 Å². The topological polar surface area (TPSA) is 29.5 Å². The smallest absolute Gasteiger partial charge is 0.119 e. The minimum absolute atomic E-state index is 0.289. The Hall–Kier alpha value is -1.96. The van der Waals surface area contributed by atoms with Gasteiger partial charge in [0.25, 0.3) is 0 Å². The molecular weight excluding hydrogens is 212 g/mol. The molecule has 2 aromatic rings. The summed E-state index contributed by atoms with van der Waals surface area (Å²) in [6.45, 7) is 4.71. The molecule has 2 rings (SSSR count). The summed E-state index contributed by atoms with van der Waals surface area (Å²) >= 11 is 0. The summed E-state index contributed by atoms with van der Waals surface area (Å²) < 4.78 is 5.46. The van der Waals surface area contributed by atoms with Gasteiger partial charge in [-0.3, -0.25) is 0 Å². The molecule has 0 bridgehead atoms. The molecule has 0 unspecified atom stereocenters. The monoisotopic (exact) mass is 228 g/mol. The van der Waals surface area contributed by atoms with Crippen LogP contribution in [0, 0.1) is 6.92 Å². The van der Waals surface area contributed by atoms with Gasteiger partial charge in [0.2, 0.25) is 0 Å². The van der Waals surface area contributed by atoms with Crippen LogP contribution in [0.15, 0.2) is 42.5 Å². The number of aromatic hydroxyl groups is 1. The Labute approximate surface area is 101 Å². The van der Waals surface area contributed by atoms with E-state index in [2.05, 4.69) is 6.92 Å². The van der Waals surface area contributed by atoms with Crippen molar-refractivity contribution in [1.82, 2.24) is 0 Å². The molecule has 0 aliphatic heterocycles. The Morgan fingerprint density at radius 1 is 1.06 bits per heavy atom. The molecule has 17 heavy (non-hydrogen) atoms. The summed E-state index contributed by atoms with van der Waals surface area (Å²) in [4.78, 5) is 0. The number of phenolic OH excluding ortho intramolecular Hbond substituents is 1. The van der Waals surface area contributed by atoms with Gasteiger partial charge in [-0.05, 0) is 54.8 Å². The van der Waals surface area contributed by atoms with E-state index in [0.29, 0.717) is 6.61 Å². The zero-order chi connectivity index (χ0) is 12.3. The predicted octanol–water partition coefficient (Wildman–Crippen LogP) is 3.77. The number of hydrogen-bond donors (Lipinski definition) is 1. The molecule has 2 nitrogen and oxygen atoms in total. The first-order valence-corrected chi connectivity index (χ1v) is 5.73. The summed E-state index contributed by atoms with van der Waals surface area (Å²) in [5.74, 6) is 1.19. The van der Waals surface area contributed by atoms with E-state index in [0.717, 1.165) is 16.9 Å². The zero-order valence-corrected chi connectivity index (χ0v) is 10.1. The van der Waals surface area contributed by atoms with E-state index >= 15 is 0 Å². The lowest BCUT2D eigenvalue weighted by Crippen LogP contribution is -1.92. The molecule has 2 heteroatoms. The standard InChI is InChI=1S/C15H16O2/c1-3-17-14-8-9-15(11(2)10-14)12-4-6-13(16)7-5-12/h4-10,16H,3H2,1-2H3. The second kappa shape index (κ2) is 4.91. The Bertz CT molecular complexity index is 501. The minimum atomic E-state index is 0.289. The van der Waals surface area contributed by atoms with Crippen LogP contribution in [0.5, 0.6) is 11.5 Å². The third kappa shape index (κ3) is 2.59. The molecule has 1 N–H and O–H groups in total. The largest absolute Gasteiger partial charge is 0.508 e. The minimum Gasteiger partial charge on any atom is -0.508 e. The third-order valence-electron chi connectivity index (χ3n) is 2.69. The van der Waals surface area contributed by atoms with E-state index in [4.69, 9.17) is 4.74 Å². The van der Waals surface area contributed by atoms with Gasteiger partial charge in [0.05, 0.1) is 6.61 Å². The van der Waals surface area contributed by atoms with Gasteiger partial charge >= 0.3 is 0 Å². The molecule has 2 aromatic carbocycles. The Morgan fingerprint density at radius 3 is 2.35 bits per heavy atom. The predicted molar refractivity (Wildman–Crippen MR) is 69.4 cm³/mol. The van der Waals surface area contributed by atoms with Crippen LogP contribution in [0.4, 0.5) is 0 Å². The first-order chi connectivity index (χ1) is 8.20. The molecule has 0 aliphatic carbocycles. The van der Waals surface area contributed by atoms with Crippen molar-refractivity contribution in [2.75, 3.05) is 6.61 Å². The van der Waals surface area contributed by atoms with E-state index in [1.807, 2.05) is 37.3 Å². The maximum atomic E-state index is 9.27. The van der Waals surface area contributed by atoms with Crippen molar-refractivity contribution in [3.63, 3.8) is 0 Å². The molecular formula is C15H16O2. The number of ether oxygens (including phenoxy) is 1. The fourth-order valence-electron chi connectivity index (χ4n) is 1.86. The van der Waals surface area contributed by atoms with E-state index < -0.39 is 0 Å². The van der Waals surface area contributed by atoms with Gasteiger partial charge in [0.1, 0.15) is 11.5 Å². The van der Waals surface area contributed by atoms with Crippen molar-refractivity contribution in [2.24, 2.45) is 0 Å². The average molecular weight is 228 g/mol. The fourth-order valence-corrected chi connectivity index (χ4v) is 1.86. The number of phenols is 1. The highest BCUT2D eigenvalue weighted by Crippen LogP contribution is 2.27. The fraction of sp³-hybridized carbons (Fsp3) is 0.200. The molecule has 0 atom stereocenters.